The lowest BCUT2D eigenvalue weighted by atomic mass is 9.83. The van der Waals surface area contributed by atoms with Gasteiger partial charge in [0.25, 0.3) is 0 Å². The van der Waals surface area contributed by atoms with Gasteiger partial charge in [0.15, 0.2) is 0 Å². The highest BCUT2D eigenvalue weighted by Gasteiger charge is 2.29. The molecule has 14 heavy (non-hydrogen) atoms. The van der Waals surface area contributed by atoms with Gasteiger partial charge in [-0.25, -0.2) is 0 Å². The summed E-state index contributed by atoms with van der Waals surface area (Å²) in [5.41, 5.74) is 2.89. The van der Waals surface area contributed by atoms with Crippen LogP contribution in [0.2, 0.25) is 0 Å². The molecule has 0 spiro atoms. The van der Waals surface area contributed by atoms with E-state index in [2.05, 4.69) is 30.4 Å². The molecule has 0 radical (unpaired) electrons. The molecule has 2 unspecified atom stereocenters. The zero-order valence-electron chi connectivity index (χ0n) is 8.42. The van der Waals surface area contributed by atoms with Crippen molar-refractivity contribution in [2.24, 2.45) is 0 Å². The van der Waals surface area contributed by atoms with Crippen LogP contribution in [0, 0.1) is 0 Å². The second kappa shape index (κ2) is 2.99. The maximum absolute atomic E-state index is 5.69. The monoisotopic (exact) mass is 189 g/mol. The second-order valence-corrected chi connectivity index (χ2v) is 4.22. The number of benzene rings is 1. The van der Waals surface area contributed by atoms with Crippen molar-refractivity contribution in [2.75, 3.05) is 13.2 Å². The third kappa shape index (κ3) is 1.07. The largest absolute Gasteiger partial charge is 0.493 e. The molecule has 74 valence electrons. The van der Waals surface area contributed by atoms with Gasteiger partial charge >= 0.3 is 0 Å². The van der Waals surface area contributed by atoms with Crippen molar-refractivity contribution in [2.45, 2.75) is 25.3 Å². The summed E-state index contributed by atoms with van der Waals surface area (Å²) in [6, 6.07) is 6.89. The first-order valence-electron chi connectivity index (χ1n) is 5.35. The second-order valence-electron chi connectivity index (χ2n) is 4.22. The first-order valence-corrected chi connectivity index (χ1v) is 5.35. The van der Waals surface area contributed by atoms with Gasteiger partial charge in [-0.15, -0.1) is 0 Å². The standard InChI is InChI=1S/C12H15NO/c1-8-10-3-2-4-11-12(10)9(7-13-8)5-6-14-11/h2-4,8-9,13H,5-7H2,1H3. The molecule has 0 bridgehead atoms. The molecule has 1 aromatic rings. The molecule has 2 heteroatoms. The van der Waals surface area contributed by atoms with E-state index < -0.39 is 0 Å². The first-order chi connectivity index (χ1) is 6.86. The van der Waals surface area contributed by atoms with E-state index in [-0.39, 0.29) is 0 Å². The van der Waals surface area contributed by atoms with Gasteiger partial charge in [-0.05, 0) is 25.0 Å². The third-order valence-corrected chi connectivity index (χ3v) is 3.37. The maximum atomic E-state index is 5.69. The molecule has 2 aliphatic heterocycles. The predicted molar refractivity (Wildman–Crippen MR) is 55.7 cm³/mol. The van der Waals surface area contributed by atoms with Gasteiger partial charge in [-0.3, -0.25) is 0 Å². The van der Waals surface area contributed by atoms with Crippen LogP contribution in [0.15, 0.2) is 18.2 Å². The molecular formula is C12H15NO. The van der Waals surface area contributed by atoms with E-state index in [1.807, 2.05) is 0 Å². The highest BCUT2D eigenvalue weighted by molar-refractivity contribution is 5.47. The minimum Gasteiger partial charge on any atom is -0.493 e. The summed E-state index contributed by atoms with van der Waals surface area (Å²) in [5, 5.41) is 3.54. The highest BCUT2D eigenvalue weighted by atomic mass is 16.5. The Kier molecular flexibility index (Phi) is 1.77. The Morgan fingerprint density at radius 1 is 1.43 bits per heavy atom. The van der Waals surface area contributed by atoms with Crippen LogP contribution < -0.4 is 10.1 Å². The van der Waals surface area contributed by atoms with Crippen molar-refractivity contribution in [3.05, 3.63) is 29.3 Å². The van der Waals surface area contributed by atoms with Gasteiger partial charge in [0.1, 0.15) is 5.75 Å². The summed E-state index contributed by atoms with van der Waals surface area (Å²) in [4.78, 5) is 0. The van der Waals surface area contributed by atoms with Gasteiger partial charge in [0, 0.05) is 24.1 Å². The molecule has 0 aromatic heterocycles. The van der Waals surface area contributed by atoms with Crippen LogP contribution >= 0.6 is 0 Å². The lowest BCUT2D eigenvalue weighted by Crippen LogP contribution is -2.34. The molecule has 1 aromatic carbocycles. The summed E-state index contributed by atoms with van der Waals surface area (Å²) >= 11 is 0. The van der Waals surface area contributed by atoms with E-state index in [0.29, 0.717) is 12.0 Å². The SMILES string of the molecule is CC1NCC2CCOc3cccc1c32. The number of hydrogen-bond acceptors (Lipinski definition) is 2. The predicted octanol–water partition coefficient (Wildman–Crippen LogP) is 2.22. The summed E-state index contributed by atoms with van der Waals surface area (Å²) < 4.78 is 5.69. The van der Waals surface area contributed by atoms with Gasteiger partial charge in [0.2, 0.25) is 0 Å². The quantitative estimate of drug-likeness (QED) is 0.675. The minimum atomic E-state index is 0.475. The van der Waals surface area contributed by atoms with Crippen LogP contribution in [0.25, 0.3) is 0 Å². The molecule has 1 N–H and O–H groups in total. The lowest BCUT2D eigenvalue weighted by molar-refractivity contribution is 0.253. The van der Waals surface area contributed by atoms with Gasteiger partial charge in [-0.1, -0.05) is 12.1 Å². The fraction of sp³-hybridized carbons (Fsp3) is 0.500. The van der Waals surface area contributed by atoms with E-state index in [4.69, 9.17) is 4.74 Å². The Balaban J connectivity index is 2.19. The Morgan fingerprint density at radius 2 is 2.36 bits per heavy atom. The Bertz CT molecular complexity index is 361. The fourth-order valence-electron chi connectivity index (χ4n) is 2.59. The van der Waals surface area contributed by atoms with Crippen LogP contribution in [0.4, 0.5) is 0 Å². The van der Waals surface area contributed by atoms with Crippen LogP contribution in [0.5, 0.6) is 5.75 Å². The molecule has 3 rings (SSSR count). The normalized spacial score (nSPS) is 29.2. The Hall–Kier alpha value is -1.02. The van der Waals surface area contributed by atoms with Crippen LogP contribution in [0.3, 0.4) is 0 Å². The van der Waals surface area contributed by atoms with Crippen molar-refractivity contribution in [3.63, 3.8) is 0 Å². The Morgan fingerprint density at radius 3 is 3.29 bits per heavy atom. The topological polar surface area (TPSA) is 21.3 Å². The van der Waals surface area contributed by atoms with Crippen molar-refractivity contribution >= 4 is 0 Å². The van der Waals surface area contributed by atoms with E-state index in [1.165, 1.54) is 11.1 Å². The number of ether oxygens (including phenoxy) is 1. The molecular weight excluding hydrogens is 174 g/mol. The van der Waals surface area contributed by atoms with E-state index >= 15 is 0 Å². The summed E-state index contributed by atoms with van der Waals surface area (Å²) in [5.74, 6) is 1.79. The molecule has 2 aliphatic rings. The molecule has 0 fully saturated rings. The van der Waals surface area contributed by atoms with E-state index in [0.717, 1.165) is 25.3 Å². The van der Waals surface area contributed by atoms with E-state index in [1.54, 1.807) is 0 Å². The highest BCUT2D eigenvalue weighted by Crippen LogP contribution is 2.40. The maximum Gasteiger partial charge on any atom is 0.123 e. The van der Waals surface area contributed by atoms with Crippen molar-refractivity contribution in [3.8, 4) is 5.75 Å². The van der Waals surface area contributed by atoms with Gasteiger partial charge < -0.3 is 10.1 Å². The molecule has 0 aliphatic carbocycles. The molecule has 2 heterocycles. The van der Waals surface area contributed by atoms with Gasteiger partial charge in [0.05, 0.1) is 6.61 Å². The van der Waals surface area contributed by atoms with Crippen LogP contribution in [0.1, 0.15) is 36.4 Å². The third-order valence-electron chi connectivity index (χ3n) is 3.37. The van der Waals surface area contributed by atoms with Crippen molar-refractivity contribution in [1.29, 1.82) is 0 Å². The Labute approximate surface area is 84.3 Å². The summed E-state index contributed by atoms with van der Waals surface area (Å²) in [7, 11) is 0. The zero-order chi connectivity index (χ0) is 9.54. The first kappa shape index (κ1) is 8.30. The lowest BCUT2D eigenvalue weighted by Gasteiger charge is -2.35. The minimum absolute atomic E-state index is 0.475. The van der Waals surface area contributed by atoms with E-state index in [9.17, 15) is 0 Å². The molecule has 2 atom stereocenters. The summed E-state index contributed by atoms with van der Waals surface area (Å²) in [6.07, 6.45) is 1.16. The molecule has 0 saturated carbocycles. The van der Waals surface area contributed by atoms with Gasteiger partial charge in [-0.2, -0.15) is 0 Å². The number of hydrogen-bond donors (Lipinski definition) is 1. The molecule has 2 nitrogen and oxygen atoms in total. The number of nitrogens with one attached hydrogen (secondary N) is 1. The smallest absolute Gasteiger partial charge is 0.123 e. The zero-order valence-corrected chi connectivity index (χ0v) is 8.42. The van der Waals surface area contributed by atoms with Crippen molar-refractivity contribution in [1.82, 2.24) is 5.32 Å². The molecule has 0 saturated heterocycles. The average molecular weight is 189 g/mol. The molecule has 0 amide bonds. The fourth-order valence-corrected chi connectivity index (χ4v) is 2.59. The van der Waals surface area contributed by atoms with Crippen LogP contribution in [-0.2, 0) is 0 Å². The summed E-state index contributed by atoms with van der Waals surface area (Å²) in [6.45, 7) is 4.20. The van der Waals surface area contributed by atoms with Crippen molar-refractivity contribution < 1.29 is 4.74 Å². The average Bonchev–Trinajstić information content (AvgIpc) is 2.24. The number of rotatable bonds is 0. The van der Waals surface area contributed by atoms with Crippen LogP contribution in [-0.4, -0.2) is 13.2 Å².